The van der Waals surface area contributed by atoms with Crippen molar-refractivity contribution in [3.05, 3.63) is 60.4 Å². The Kier molecular flexibility index (Phi) is 5.77. The minimum Gasteiger partial charge on any atom is -0.488 e. The van der Waals surface area contributed by atoms with Gasteiger partial charge >= 0.3 is 0 Å². The first-order chi connectivity index (χ1) is 12.2. The largest absolute Gasteiger partial charge is 0.488 e. The summed E-state index contributed by atoms with van der Waals surface area (Å²) in [7, 11) is 0. The molecule has 1 aromatic heterocycles. The Morgan fingerprint density at radius 3 is 2.60 bits per heavy atom. The summed E-state index contributed by atoms with van der Waals surface area (Å²) in [5, 5.41) is 0. The van der Waals surface area contributed by atoms with Crippen molar-refractivity contribution < 1.29 is 14.3 Å². The Morgan fingerprint density at radius 2 is 1.84 bits per heavy atom. The molecule has 0 aliphatic carbocycles. The number of amides is 1. The summed E-state index contributed by atoms with van der Waals surface area (Å²) >= 11 is 0. The van der Waals surface area contributed by atoms with Crippen molar-refractivity contribution in [1.82, 2.24) is 9.88 Å². The van der Waals surface area contributed by atoms with Crippen LogP contribution >= 0.6 is 0 Å². The molecule has 0 saturated carbocycles. The molecule has 1 aliphatic rings. The number of hydrogen-bond acceptors (Lipinski definition) is 4. The number of hydrogen-bond donors (Lipinski definition) is 0. The molecule has 2 heterocycles. The molecule has 0 N–H and O–H groups in total. The Morgan fingerprint density at radius 1 is 1.08 bits per heavy atom. The molecule has 25 heavy (non-hydrogen) atoms. The summed E-state index contributed by atoms with van der Waals surface area (Å²) in [6, 6.07) is 12.7. The first-order valence-corrected chi connectivity index (χ1v) is 8.65. The van der Waals surface area contributed by atoms with E-state index in [9.17, 15) is 9.59 Å². The quantitative estimate of drug-likeness (QED) is 0.759. The summed E-state index contributed by atoms with van der Waals surface area (Å²) in [5.41, 5.74) is 0.660. The molecule has 1 amide bonds. The number of aromatic nitrogens is 1. The number of rotatable bonds is 6. The summed E-state index contributed by atoms with van der Waals surface area (Å²) < 4.78 is 5.93. The van der Waals surface area contributed by atoms with E-state index in [0.29, 0.717) is 12.1 Å². The van der Waals surface area contributed by atoms with E-state index in [0.717, 1.165) is 25.1 Å². The van der Waals surface area contributed by atoms with Gasteiger partial charge in [0.15, 0.2) is 5.78 Å². The van der Waals surface area contributed by atoms with Gasteiger partial charge in [0.05, 0.1) is 6.54 Å². The molecule has 1 saturated heterocycles. The fourth-order valence-electron chi connectivity index (χ4n) is 3.02. The van der Waals surface area contributed by atoms with Gasteiger partial charge in [-0.15, -0.1) is 0 Å². The van der Waals surface area contributed by atoms with Crippen LogP contribution in [0.25, 0.3) is 0 Å². The number of piperidine rings is 1. The third kappa shape index (κ3) is 4.89. The molecular formula is C20H22N2O3. The first-order valence-electron chi connectivity index (χ1n) is 8.65. The third-order valence-corrected chi connectivity index (χ3v) is 4.35. The predicted molar refractivity (Wildman–Crippen MR) is 94.5 cm³/mol. The number of Topliss-reactive ketones (excluding diaryl/α,β-unsaturated/α-hetero) is 1. The second kappa shape index (κ2) is 8.42. The molecule has 1 aromatic carbocycles. The maximum Gasteiger partial charge on any atom is 0.223 e. The van der Waals surface area contributed by atoms with Gasteiger partial charge in [-0.1, -0.05) is 30.3 Å². The van der Waals surface area contributed by atoms with E-state index in [2.05, 4.69) is 4.98 Å². The fourth-order valence-corrected chi connectivity index (χ4v) is 3.02. The van der Waals surface area contributed by atoms with Gasteiger partial charge in [0.1, 0.15) is 11.9 Å². The van der Waals surface area contributed by atoms with Crippen LogP contribution in [0, 0.1) is 0 Å². The molecule has 0 unspecified atom stereocenters. The number of carbonyl (C=O) groups is 2. The number of ketones is 1. The van der Waals surface area contributed by atoms with Crippen LogP contribution in [0.2, 0.25) is 0 Å². The van der Waals surface area contributed by atoms with Crippen LogP contribution < -0.4 is 4.74 Å². The average Bonchev–Trinajstić information content (AvgIpc) is 2.67. The normalized spacial score (nSPS) is 17.1. The van der Waals surface area contributed by atoms with E-state index in [1.165, 1.54) is 0 Å². The molecule has 1 fully saturated rings. The molecule has 1 atom stereocenters. The topological polar surface area (TPSA) is 59.5 Å². The zero-order valence-electron chi connectivity index (χ0n) is 14.1. The first kappa shape index (κ1) is 17.1. The maximum atomic E-state index is 12.4. The second-order valence-electron chi connectivity index (χ2n) is 6.19. The van der Waals surface area contributed by atoms with E-state index < -0.39 is 0 Å². The summed E-state index contributed by atoms with van der Waals surface area (Å²) in [6.45, 7) is 1.30. The fraction of sp³-hybridized carbons (Fsp3) is 0.350. The Labute approximate surface area is 147 Å². The van der Waals surface area contributed by atoms with Gasteiger partial charge in [-0.3, -0.25) is 14.6 Å². The number of benzene rings is 1. The highest BCUT2D eigenvalue weighted by Gasteiger charge is 2.25. The monoisotopic (exact) mass is 338 g/mol. The van der Waals surface area contributed by atoms with Crippen molar-refractivity contribution in [2.24, 2.45) is 0 Å². The number of pyridine rings is 1. The molecule has 130 valence electrons. The number of carbonyl (C=O) groups excluding carboxylic acids is 2. The highest BCUT2D eigenvalue weighted by Crippen LogP contribution is 2.18. The number of likely N-dealkylation sites (tertiary alicyclic amines) is 1. The second-order valence-corrected chi connectivity index (χ2v) is 6.19. The van der Waals surface area contributed by atoms with Crippen LogP contribution in [-0.4, -0.2) is 40.8 Å². The number of ether oxygens (including phenoxy) is 1. The maximum absolute atomic E-state index is 12.4. The molecule has 5 nitrogen and oxygen atoms in total. The lowest BCUT2D eigenvalue weighted by molar-refractivity contribution is -0.133. The van der Waals surface area contributed by atoms with Gasteiger partial charge in [-0.05, 0) is 25.0 Å². The molecular weight excluding hydrogens is 316 g/mol. The molecule has 0 spiro atoms. The van der Waals surface area contributed by atoms with Gasteiger partial charge in [-0.25, -0.2) is 0 Å². The zero-order chi connectivity index (χ0) is 17.5. The Balaban J connectivity index is 1.49. The van der Waals surface area contributed by atoms with Crippen molar-refractivity contribution in [1.29, 1.82) is 0 Å². The molecule has 0 radical (unpaired) electrons. The molecule has 2 aromatic rings. The van der Waals surface area contributed by atoms with Crippen LogP contribution in [0.4, 0.5) is 0 Å². The molecule has 3 rings (SSSR count). The van der Waals surface area contributed by atoms with Gasteiger partial charge in [0, 0.05) is 37.3 Å². The van der Waals surface area contributed by atoms with Crippen molar-refractivity contribution in [3.63, 3.8) is 0 Å². The lowest BCUT2D eigenvalue weighted by atomic mass is 10.0. The minimum atomic E-state index is -0.00933. The van der Waals surface area contributed by atoms with Crippen molar-refractivity contribution in [3.8, 4) is 5.75 Å². The standard InChI is InChI=1S/C20H22N2O3/c23-19(16-5-2-1-3-6-16)8-9-20(24)22-14-4-7-18(15-22)25-17-10-12-21-13-11-17/h1-3,5-6,10-13,18H,4,7-9,14-15H2/t18-/m0/s1. The summed E-state index contributed by atoms with van der Waals surface area (Å²) in [6.07, 6.45) is 5.70. The summed E-state index contributed by atoms with van der Waals surface area (Å²) in [4.78, 5) is 30.4. The highest BCUT2D eigenvalue weighted by molar-refractivity contribution is 5.97. The molecule has 5 heteroatoms. The zero-order valence-corrected chi connectivity index (χ0v) is 14.1. The lowest BCUT2D eigenvalue weighted by Crippen LogP contribution is -2.44. The third-order valence-electron chi connectivity index (χ3n) is 4.35. The smallest absolute Gasteiger partial charge is 0.223 e. The Bertz CT molecular complexity index is 703. The van der Waals surface area contributed by atoms with Gasteiger partial charge < -0.3 is 9.64 Å². The van der Waals surface area contributed by atoms with E-state index in [1.807, 2.05) is 35.2 Å². The van der Waals surface area contributed by atoms with Crippen LogP contribution in [-0.2, 0) is 4.79 Å². The average molecular weight is 338 g/mol. The predicted octanol–water partition coefficient (Wildman–Crippen LogP) is 3.11. The van der Waals surface area contributed by atoms with Gasteiger partial charge in [0.25, 0.3) is 0 Å². The van der Waals surface area contributed by atoms with Gasteiger partial charge in [0.2, 0.25) is 5.91 Å². The van der Waals surface area contributed by atoms with Gasteiger partial charge in [-0.2, -0.15) is 0 Å². The van der Waals surface area contributed by atoms with E-state index in [-0.39, 0.29) is 30.6 Å². The van der Waals surface area contributed by atoms with Crippen LogP contribution in [0.15, 0.2) is 54.9 Å². The lowest BCUT2D eigenvalue weighted by Gasteiger charge is -2.33. The molecule has 0 bridgehead atoms. The van der Waals surface area contributed by atoms with E-state index >= 15 is 0 Å². The summed E-state index contributed by atoms with van der Waals surface area (Å²) in [5.74, 6) is 0.802. The van der Waals surface area contributed by atoms with Crippen molar-refractivity contribution in [2.45, 2.75) is 31.8 Å². The van der Waals surface area contributed by atoms with E-state index in [4.69, 9.17) is 4.74 Å². The Hall–Kier alpha value is -2.69. The van der Waals surface area contributed by atoms with Crippen LogP contribution in [0.3, 0.4) is 0 Å². The van der Waals surface area contributed by atoms with Crippen molar-refractivity contribution in [2.75, 3.05) is 13.1 Å². The van der Waals surface area contributed by atoms with Crippen LogP contribution in [0.1, 0.15) is 36.0 Å². The SMILES string of the molecule is O=C(CCC(=O)N1CCC[C@H](Oc2ccncc2)C1)c1ccccc1. The minimum absolute atomic E-state index is 0.00933. The number of nitrogens with zero attached hydrogens (tertiary/aromatic N) is 2. The molecule has 1 aliphatic heterocycles. The van der Waals surface area contributed by atoms with Crippen LogP contribution in [0.5, 0.6) is 5.75 Å². The van der Waals surface area contributed by atoms with E-state index in [1.54, 1.807) is 24.5 Å². The highest BCUT2D eigenvalue weighted by atomic mass is 16.5. The van der Waals surface area contributed by atoms with Crippen molar-refractivity contribution >= 4 is 11.7 Å².